The first-order valence-electron chi connectivity index (χ1n) is 23.4. The van der Waals surface area contributed by atoms with Gasteiger partial charge >= 0.3 is 0 Å². The molecule has 0 spiro atoms. The molecule has 0 saturated heterocycles. The van der Waals surface area contributed by atoms with Gasteiger partial charge in [-0.05, 0) is 112 Å². The molecule has 1 aliphatic rings. The van der Waals surface area contributed by atoms with Crippen LogP contribution in [0.2, 0.25) is 0 Å². The Morgan fingerprint density at radius 1 is 0.324 bits per heavy atom. The SMILES string of the molecule is C1=Cc2c(c3ccc(-c4ccc5c(c4)c4ccccc4n5-c4ccc(-c5cc(-c6ccc(-c7ccccc7)cc6)nc(-c6ccc(-c7ccccc7)cc6)n5)cc4)cc3n2-c2ccccc2)CC1. The lowest BCUT2D eigenvalue weighted by molar-refractivity contribution is 0.967. The molecular formula is C64H44N4. The number of hydrogen-bond acceptors (Lipinski definition) is 2. The Labute approximate surface area is 395 Å². The topological polar surface area (TPSA) is 35.6 Å². The fourth-order valence-corrected chi connectivity index (χ4v) is 10.3. The van der Waals surface area contributed by atoms with Crippen LogP contribution in [0.5, 0.6) is 0 Å². The van der Waals surface area contributed by atoms with Crippen LogP contribution in [0.4, 0.5) is 0 Å². The molecule has 0 saturated carbocycles. The van der Waals surface area contributed by atoms with E-state index in [1.54, 1.807) is 0 Å². The van der Waals surface area contributed by atoms with Crippen LogP contribution in [0, 0.1) is 0 Å². The summed E-state index contributed by atoms with van der Waals surface area (Å²) in [4.78, 5) is 10.4. The van der Waals surface area contributed by atoms with Crippen molar-refractivity contribution in [1.29, 1.82) is 0 Å². The first kappa shape index (κ1) is 39.5. The molecule has 0 radical (unpaired) electrons. The summed E-state index contributed by atoms with van der Waals surface area (Å²) in [5.74, 6) is 0.690. The zero-order chi connectivity index (χ0) is 45.0. The van der Waals surface area contributed by atoms with E-state index in [-0.39, 0.29) is 0 Å². The quantitative estimate of drug-likeness (QED) is 0.153. The van der Waals surface area contributed by atoms with Crippen LogP contribution >= 0.6 is 0 Å². The van der Waals surface area contributed by atoms with Crippen LogP contribution < -0.4 is 0 Å². The van der Waals surface area contributed by atoms with Gasteiger partial charge in [-0.1, -0.05) is 182 Å². The maximum atomic E-state index is 5.24. The Hall–Kier alpha value is -8.86. The number of nitrogens with zero attached hydrogens (tertiary/aromatic N) is 4. The molecule has 9 aromatic carbocycles. The van der Waals surface area contributed by atoms with Gasteiger partial charge in [-0.3, -0.25) is 0 Å². The van der Waals surface area contributed by atoms with Crippen molar-refractivity contribution in [3.05, 3.63) is 248 Å². The molecular weight excluding hydrogens is 825 g/mol. The normalized spacial score (nSPS) is 12.2. The summed E-state index contributed by atoms with van der Waals surface area (Å²) >= 11 is 0. The van der Waals surface area contributed by atoms with Crippen molar-refractivity contribution >= 4 is 38.8 Å². The molecule has 0 amide bonds. The van der Waals surface area contributed by atoms with E-state index in [1.165, 1.54) is 77.5 Å². The van der Waals surface area contributed by atoms with E-state index in [1.807, 2.05) is 6.07 Å². The molecule has 4 nitrogen and oxygen atoms in total. The maximum absolute atomic E-state index is 5.24. The minimum absolute atomic E-state index is 0.690. The molecule has 12 aromatic rings. The van der Waals surface area contributed by atoms with Gasteiger partial charge in [0.1, 0.15) is 0 Å². The molecule has 13 rings (SSSR count). The van der Waals surface area contributed by atoms with Crippen LogP contribution in [0.3, 0.4) is 0 Å². The van der Waals surface area contributed by atoms with Gasteiger partial charge in [0, 0.05) is 49.9 Å². The maximum Gasteiger partial charge on any atom is 0.160 e. The zero-order valence-electron chi connectivity index (χ0n) is 37.3. The molecule has 0 N–H and O–H groups in total. The van der Waals surface area contributed by atoms with Gasteiger partial charge in [0.05, 0.1) is 27.9 Å². The molecule has 320 valence electrons. The van der Waals surface area contributed by atoms with Crippen molar-refractivity contribution in [1.82, 2.24) is 19.1 Å². The van der Waals surface area contributed by atoms with E-state index in [0.717, 1.165) is 52.2 Å². The molecule has 0 unspecified atom stereocenters. The summed E-state index contributed by atoms with van der Waals surface area (Å²) in [5, 5.41) is 3.79. The van der Waals surface area contributed by atoms with Crippen LogP contribution in [-0.2, 0) is 6.42 Å². The van der Waals surface area contributed by atoms with Gasteiger partial charge in [0.15, 0.2) is 5.82 Å². The Balaban J connectivity index is 0.883. The second-order valence-electron chi connectivity index (χ2n) is 17.7. The van der Waals surface area contributed by atoms with Crippen molar-refractivity contribution in [2.75, 3.05) is 0 Å². The summed E-state index contributed by atoms with van der Waals surface area (Å²) in [6, 6.07) is 82.7. The molecule has 0 atom stereocenters. The van der Waals surface area contributed by atoms with Crippen LogP contribution in [0.25, 0.3) is 117 Å². The Kier molecular flexibility index (Phi) is 9.61. The van der Waals surface area contributed by atoms with Crippen molar-refractivity contribution in [3.63, 3.8) is 0 Å². The molecule has 3 aromatic heterocycles. The number of fused-ring (bicyclic) bond motifs is 6. The summed E-state index contributed by atoms with van der Waals surface area (Å²) in [7, 11) is 0. The average molecular weight is 869 g/mol. The molecule has 1 aliphatic carbocycles. The standard InChI is InChI=1S/C64H44N4/c1-4-14-43(15-5-1)45-24-28-47(29-25-45)58-42-59(66-64(65-58)49-30-26-46(27-31-49)44-16-6-2-7-17-44)48-32-36-53(37-33-48)67-61-23-13-11-21-55(61)57-40-50(35-39-62(57)67)51-34-38-56-54-20-10-12-22-60(54)68(63(56)41-51)52-18-8-3-9-19-52/h1-9,11-19,21-42H,10,20H2. The number of hydrogen-bond donors (Lipinski definition) is 0. The highest BCUT2D eigenvalue weighted by Gasteiger charge is 2.20. The highest BCUT2D eigenvalue weighted by atomic mass is 15.0. The monoisotopic (exact) mass is 868 g/mol. The second kappa shape index (κ2) is 16.5. The Bertz CT molecular complexity index is 3740. The van der Waals surface area contributed by atoms with Gasteiger partial charge < -0.3 is 9.13 Å². The second-order valence-corrected chi connectivity index (χ2v) is 17.7. The average Bonchev–Trinajstić information content (AvgIpc) is 3.94. The summed E-state index contributed by atoms with van der Waals surface area (Å²) in [5.41, 5.74) is 20.5. The minimum atomic E-state index is 0.690. The van der Waals surface area contributed by atoms with Gasteiger partial charge in [-0.2, -0.15) is 0 Å². The molecule has 68 heavy (non-hydrogen) atoms. The highest BCUT2D eigenvalue weighted by molar-refractivity contribution is 6.10. The zero-order valence-corrected chi connectivity index (χ0v) is 37.3. The number of aromatic nitrogens is 4. The number of aryl methyl sites for hydroxylation is 1. The van der Waals surface area contributed by atoms with Gasteiger partial charge in [-0.25, -0.2) is 9.97 Å². The third-order valence-corrected chi connectivity index (χ3v) is 13.7. The molecule has 4 heteroatoms. The summed E-state index contributed by atoms with van der Waals surface area (Å²) in [6.45, 7) is 0. The molecule has 0 bridgehead atoms. The van der Waals surface area contributed by atoms with E-state index >= 15 is 0 Å². The van der Waals surface area contributed by atoms with Crippen molar-refractivity contribution < 1.29 is 0 Å². The summed E-state index contributed by atoms with van der Waals surface area (Å²) in [6.07, 6.45) is 6.74. The minimum Gasteiger partial charge on any atom is -0.310 e. The lowest BCUT2D eigenvalue weighted by atomic mass is 9.98. The molecule has 3 heterocycles. The first-order chi connectivity index (χ1) is 33.7. The van der Waals surface area contributed by atoms with Crippen LogP contribution in [0.1, 0.15) is 17.7 Å². The smallest absolute Gasteiger partial charge is 0.160 e. The molecule has 0 aliphatic heterocycles. The van der Waals surface area contributed by atoms with E-state index < -0.39 is 0 Å². The van der Waals surface area contributed by atoms with Crippen molar-refractivity contribution in [2.24, 2.45) is 0 Å². The van der Waals surface area contributed by atoms with Crippen LogP contribution in [0.15, 0.2) is 237 Å². The van der Waals surface area contributed by atoms with Crippen molar-refractivity contribution in [2.45, 2.75) is 12.8 Å². The molecule has 0 fully saturated rings. The van der Waals surface area contributed by atoms with Crippen LogP contribution in [-0.4, -0.2) is 19.1 Å². The third kappa shape index (κ3) is 6.94. The number of para-hydroxylation sites is 2. The van der Waals surface area contributed by atoms with Gasteiger partial charge in [-0.15, -0.1) is 0 Å². The first-order valence-corrected chi connectivity index (χ1v) is 23.4. The Morgan fingerprint density at radius 2 is 0.824 bits per heavy atom. The third-order valence-electron chi connectivity index (χ3n) is 13.7. The fourth-order valence-electron chi connectivity index (χ4n) is 10.3. The Morgan fingerprint density at radius 3 is 1.50 bits per heavy atom. The number of rotatable bonds is 8. The predicted octanol–water partition coefficient (Wildman–Crippen LogP) is 16.5. The van der Waals surface area contributed by atoms with Gasteiger partial charge in [0.25, 0.3) is 0 Å². The fraction of sp³-hybridized carbons (Fsp3) is 0.0312. The van der Waals surface area contributed by atoms with Crippen molar-refractivity contribution in [3.8, 4) is 78.7 Å². The van der Waals surface area contributed by atoms with E-state index in [4.69, 9.17) is 9.97 Å². The predicted molar refractivity (Wildman–Crippen MR) is 283 cm³/mol. The number of benzene rings is 9. The van der Waals surface area contributed by atoms with Gasteiger partial charge in [0.2, 0.25) is 0 Å². The lowest BCUT2D eigenvalue weighted by Gasteiger charge is -2.12. The van der Waals surface area contributed by atoms with E-state index in [2.05, 4.69) is 246 Å². The highest BCUT2D eigenvalue weighted by Crippen LogP contribution is 2.40. The number of allylic oxidation sites excluding steroid dienone is 1. The lowest BCUT2D eigenvalue weighted by Crippen LogP contribution is -1.99. The summed E-state index contributed by atoms with van der Waals surface area (Å²) < 4.78 is 4.83. The van der Waals surface area contributed by atoms with E-state index in [0.29, 0.717) is 5.82 Å². The largest absolute Gasteiger partial charge is 0.310 e. The van der Waals surface area contributed by atoms with E-state index in [9.17, 15) is 0 Å².